The first kappa shape index (κ1) is 17.2. The molecule has 2 saturated heterocycles. The van der Waals surface area contributed by atoms with Crippen molar-refractivity contribution in [3.05, 3.63) is 0 Å². The van der Waals surface area contributed by atoms with Gasteiger partial charge in [-0.15, -0.1) is 0 Å². The zero-order chi connectivity index (χ0) is 16.4. The van der Waals surface area contributed by atoms with Gasteiger partial charge in [0.2, 0.25) is 5.91 Å². The minimum atomic E-state index is 0.312. The van der Waals surface area contributed by atoms with Gasteiger partial charge in [0.05, 0.1) is 0 Å². The Morgan fingerprint density at radius 3 is 2.39 bits per heavy atom. The van der Waals surface area contributed by atoms with Crippen LogP contribution in [-0.4, -0.2) is 73.0 Å². The summed E-state index contributed by atoms with van der Waals surface area (Å²) in [5, 5.41) is 0. The molecule has 2 aliphatic heterocycles. The van der Waals surface area contributed by atoms with Crippen LogP contribution < -0.4 is 0 Å². The summed E-state index contributed by atoms with van der Waals surface area (Å²) in [7, 11) is 2.20. The number of likely N-dealkylation sites (tertiary alicyclic amines) is 1. The molecule has 3 fully saturated rings. The van der Waals surface area contributed by atoms with Gasteiger partial charge in [-0.3, -0.25) is 9.69 Å². The van der Waals surface area contributed by atoms with Crippen LogP contribution in [0.4, 0.5) is 0 Å². The molecular formula is C19H35N3O. The molecule has 4 heteroatoms. The van der Waals surface area contributed by atoms with Gasteiger partial charge in [0, 0.05) is 51.2 Å². The number of carbonyl (C=O) groups excluding carboxylic acids is 1. The lowest BCUT2D eigenvalue weighted by Gasteiger charge is -2.49. The lowest BCUT2D eigenvalue weighted by Crippen LogP contribution is -2.65. The highest BCUT2D eigenvalue weighted by Gasteiger charge is 2.41. The van der Waals surface area contributed by atoms with Gasteiger partial charge in [-0.1, -0.05) is 33.1 Å². The average molecular weight is 322 g/mol. The molecule has 0 spiro atoms. The monoisotopic (exact) mass is 321 g/mol. The first-order valence-corrected chi connectivity index (χ1v) is 9.81. The van der Waals surface area contributed by atoms with E-state index in [9.17, 15) is 4.79 Å². The number of nitrogens with zero attached hydrogens (tertiary/aromatic N) is 3. The smallest absolute Gasteiger partial charge is 0.226 e. The highest BCUT2D eigenvalue weighted by atomic mass is 16.2. The van der Waals surface area contributed by atoms with Crippen molar-refractivity contribution in [1.29, 1.82) is 0 Å². The van der Waals surface area contributed by atoms with Crippen LogP contribution in [0.5, 0.6) is 0 Å². The molecule has 3 unspecified atom stereocenters. The van der Waals surface area contributed by atoms with Gasteiger partial charge < -0.3 is 9.80 Å². The molecule has 2 heterocycles. The topological polar surface area (TPSA) is 26.8 Å². The fourth-order valence-corrected chi connectivity index (χ4v) is 4.74. The van der Waals surface area contributed by atoms with E-state index in [0.717, 1.165) is 19.5 Å². The molecule has 1 aliphatic carbocycles. The van der Waals surface area contributed by atoms with Crippen LogP contribution >= 0.6 is 0 Å². The van der Waals surface area contributed by atoms with Crippen LogP contribution in [-0.2, 0) is 4.79 Å². The van der Waals surface area contributed by atoms with Crippen LogP contribution in [0, 0.1) is 17.8 Å². The minimum absolute atomic E-state index is 0.312. The van der Waals surface area contributed by atoms with Crippen LogP contribution in [0.1, 0.15) is 46.0 Å². The molecule has 3 rings (SSSR count). The summed E-state index contributed by atoms with van der Waals surface area (Å²) in [5.41, 5.74) is 0. The van der Waals surface area contributed by atoms with E-state index < -0.39 is 0 Å². The van der Waals surface area contributed by atoms with Crippen molar-refractivity contribution in [3.8, 4) is 0 Å². The Labute approximate surface area is 142 Å². The molecule has 3 aliphatic rings. The molecule has 3 atom stereocenters. The molecule has 4 nitrogen and oxygen atoms in total. The maximum atomic E-state index is 13.0. The average Bonchev–Trinajstić information content (AvgIpc) is 2.54. The Bertz CT molecular complexity index is 399. The molecule has 1 saturated carbocycles. The third-order valence-electron chi connectivity index (χ3n) is 6.74. The van der Waals surface area contributed by atoms with Gasteiger partial charge in [0.25, 0.3) is 0 Å². The Hall–Kier alpha value is -0.610. The van der Waals surface area contributed by atoms with Gasteiger partial charge in [-0.25, -0.2) is 0 Å². The van der Waals surface area contributed by atoms with Gasteiger partial charge in [-0.2, -0.15) is 0 Å². The summed E-state index contributed by atoms with van der Waals surface area (Å²) in [6.45, 7) is 11.3. The van der Waals surface area contributed by atoms with Gasteiger partial charge in [0.1, 0.15) is 0 Å². The number of likely N-dealkylation sites (N-methyl/N-ethyl adjacent to an activating group) is 1. The SMILES string of the molecule is CCC(C)C1CCCCC1C(=O)N1CC(N2CCN(C)CC2)C1. The van der Waals surface area contributed by atoms with E-state index in [-0.39, 0.29) is 0 Å². The van der Waals surface area contributed by atoms with E-state index in [4.69, 9.17) is 0 Å². The third kappa shape index (κ3) is 3.74. The Kier molecular flexibility index (Phi) is 5.63. The number of piperazine rings is 1. The van der Waals surface area contributed by atoms with Crippen molar-refractivity contribution < 1.29 is 4.79 Å². The molecule has 0 N–H and O–H groups in total. The van der Waals surface area contributed by atoms with E-state index in [1.165, 1.54) is 51.9 Å². The number of hydrogen-bond donors (Lipinski definition) is 0. The summed E-state index contributed by atoms with van der Waals surface area (Å²) in [4.78, 5) is 20.1. The number of hydrogen-bond acceptors (Lipinski definition) is 3. The van der Waals surface area contributed by atoms with Gasteiger partial charge in [-0.05, 0) is 31.7 Å². The molecule has 23 heavy (non-hydrogen) atoms. The van der Waals surface area contributed by atoms with Crippen LogP contribution in [0.2, 0.25) is 0 Å². The largest absolute Gasteiger partial charge is 0.339 e. The summed E-state index contributed by atoms with van der Waals surface area (Å²) in [6, 6.07) is 0.623. The fraction of sp³-hybridized carbons (Fsp3) is 0.947. The lowest BCUT2D eigenvalue weighted by atomic mass is 9.71. The van der Waals surface area contributed by atoms with Crippen molar-refractivity contribution in [2.75, 3.05) is 46.3 Å². The second kappa shape index (κ2) is 7.52. The molecule has 0 aromatic carbocycles. The van der Waals surface area contributed by atoms with Crippen molar-refractivity contribution in [1.82, 2.24) is 14.7 Å². The molecule has 0 aromatic rings. The number of amides is 1. The normalized spacial score (nSPS) is 32.6. The highest BCUT2D eigenvalue weighted by Crippen LogP contribution is 2.38. The zero-order valence-corrected chi connectivity index (χ0v) is 15.3. The Morgan fingerprint density at radius 2 is 1.74 bits per heavy atom. The minimum Gasteiger partial charge on any atom is -0.339 e. The lowest BCUT2D eigenvalue weighted by molar-refractivity contribution is -0.147. The second-order valence-electron chi connectivity index (χ2n) is 8.18. The van der Waals surface area contributed by atoms with Crippen molar-refractivity contribution in [2.24, 2.45) is 17.8 Å². The van der Waals surface area contributed by atoms with Crippen molar-refractivity contribution in [2.45, 2.75) is 52.0 Å². The second-order valence-corrected chi connectivity index (χ2v) is 8.18. The summed E-state index contributed by atoms with van der Waals surface area (Å²) < 4.78 is 0. The number of rotatable bonds is 4. The van der Waals surface area contributed by atoms with Crippen LogP contribution in [0.25, 0.3) is 0 Å². The highest BCUT2D eigenvalue weighted by molar-refractivity contribution is 5.80. The maximum Gasteiger partial charge on any atom is 0.226 e. The third-order valence-corrected chi connectivity index (χ3v) is 6.74. The van der Waals surface area contributed by atoms with Crippen LogP contribution in [0.15, 0.2) is 0 Å². The molecule has 0 bridgehead atoms. The molecule has 132 valence electrons. The first-order valence-electron chi connectivity index (χ1n) is 9.81. The molecule has 0 radical (unpaired) electrons. The fourth-order valence-electron chi connectivity index (χ4n) is 4.74. The Balaban J connectivity index is 1.51. The van der Waals surface area contributed by atoms with E-state index >= 15 is 0 Å². The summed E-state index contributed by atoms with van der Waals surface area (Å²) in [6.07, 6.45) is 6.17. The Morgan fingerprint density at radius 1 is 1.09 bits per heavy atom. The van der Waals surface area contributed by atoms with Crippen LogP contribution in [0.3, 0.4) is 0 Å². The van der Waals surface area contributed by atoms with Gasteiger partial charge in [0.15, 0.2) is 0 Å². The summed E-state index contributed by atoms with van der Waals surface area (Å²) >= 11 is 0. The van der Waals surface area contributed by atoms with E-state index in [0.29, 0.717) is 29.7 Å². The zero-order valence-electron chi connectivity index (χ0n) is 15.3. The predicted molar refractivity (Wildman–Crippen MR) is 94.3 cm³/mol. The number of carbonyl (C=O) groups is 1. The molecule has 1 amide bonds. The summed E-state index contributed by atoms with van der Waals surface area (Å²) in [5.74, 6) is 2.11. The molecule has 0 aromatic heterocycles. The van der Waals surface area contributed by atoms with Crippen molar-refractivity contribution in [3.63, 3.8) is 0 Å². The van der Waals surface area contributed by atoms with E-state index in [1.807, 2.05) is 0 Å². The standard InChI is InChI=1S/C19H35N3O/c1-4-15(2)17-7-5-6-8-18(17)19(23)22-13-16(14-22)21-11-9-20(3)10-12-21/h15-18H,4-14H2,1-3H3. The van der Waals surface area contributed by atoms with Crippen molar-refractivity contribution >= 4 is 5.91 Å². The molecular weight excluding hydrogens is 286 g/mol. The maximum absolute atomic E-state index is 13.0. The van der Waals surface area contributed by atoms with Gasteiger partial charge >= 0.3 is 0 Å². The van der Waals surface area contributed by atoms with E-state index in [1.54, 1.807) is 0 Å². The quantitative estimate of drug-likeness (QED) is 0.795. The van der Waals surface area contributed by atoms with E-state index in [2.05, 4.69) is 35.6 Å². The predicted octanol–water partition coefficient (Wildman–Crippen LogP) is 2.30. The first-order chi connectivity index (χ1) is 11.1.